The molecule has 4 nitrogen and oxygen atoms in total. The summed E-state index contributed by atoms with van der Waals surface area (Å²) in [6.07, 6.45) is 4.26. The summed E-state index contributed by atoms with van der Waals surface area (Å²) in [6.45, 7) is 2.55. The molecule has 1 aliphatic heterocycles. The first-order valence-electron chi connectivity index (χ1n) is 5.57. The topological polar surface area (TPSA) is 56.8 Å². The van der Waals surface area contributed by atoms with Crippen LogP contribution in [0.15, 0.2) is 23.3 Å². The lowest BCUT2D eigenvalue weighted by atomic mass is 10.0. The number of ether oxygens (including phenoxy) is 2. The fourth-order valence-electron chi connectivity index (χ4n) is 1.81. The third-order valence-electron chi connectivity index (χ3n) is 2.59. The molecule has 0 aromatic heterocycles. The van der Waals surface area contributed by atoms with Gasteiger partial charge in [0.25, 0.3) is 0 Å². The van der Waals surface area contributed by atoms with E-state index in [0.717, 1.165) is 22.6 Å². The van der Waals surface area contributed by atoms with E-state index < -0.39 is 0 Å². The van der Waals surface area contributed by atoms with Crippen molar-refractivity contribution in [2.45, 2.75) is 13.3 Å². The molecule has 0 unspecified atom stereocenters. The molecule has 0 radical (unpaired) electrons. The van der Waals surface area contributed by atoms with Crippen LogP contribution in [0.5, 0.6) is 11.5 Å². The lowest BCUT2D eigenvalue weighted by Gasteiger charge is -2.13. The summed E-state index contributed by atoms with van der Waals surface area (Å²) in [5.74, 6) is 2.08. The smallest absolute Gasteiger partial charge is 0.161 e. The van der Waals surface area contributed by atoms with E-state index in [9.17, 15) is 0 Å². The van der Waals surface area contributed by atoms with Gasteiger partial charge in [0.1, 0.15) is 5.84 Å². The molecule has 17 heavy (non-hydrogen) atoms. The van der Waals surface area contributed by atoms with Crippen LogP contribution in [0.2, 0.25) is 0 Å². The van der Waals surface area contributed by atoms with E-state index in [1.165, 1.54) is 0 Å². The Morgan fingerprint density at radius 2 is 2.18 bits per heavy atom. The van der Waals surface area contributed by atoms with Crippen molar-refractivity contribution in [1.82, 2.24) is 0 Å². The number of rotatable bonds is 3. The number of hydrogen-bond donors (Lipinski definition) is 1. The van der Waals surface area contributed by atoms with Gasteiger partial charge in [-0.25, -0.2) is 4.99 Å². The van der Waals surface area contributed by atoms with Crippen LogP contribution in [0, 0.1) is 0 Å². The van der Waals surface area contributed by atoms with Crippen molar-refractivity contribution < 1.29 is 9.47 Å². The monoisotopic (exact) mass is 232 g/mol. The fraction of sp³-hybridized carbons (Fsp3) is 0.308. The minimum atomic E-state index is 0.604. The molecule has 4 heteroatoms. The number of hydrogen-bond acceptors (Lipinski definition) is 4. The van der Waals surface area contributed by atoms with Gasteiger partial charge in [-0.3, -0.25) is 0 Å². The molecule has 0 atom stereocenters. The molecule has 2 N–H and O–H groups in total. The van der Waals surface area contributed by atoms with Crippen LogP contribution in [0.4, 0.5) is 0 Å². The first-order valence-corrected chi connectivity index (χ1v) is 5.57. The Balaban J connectivity index is 2.46. The van der Waals surface area contributed by atoms with Gasteiger partial charge in [0.15, 0.2) is 11.5 Å². The average molecular weight is 232 g/mol. The van der Waals surface area contributed by atoms with Crippen molar-refractivity contribution in [2.75, 3.05) is 13.7 Å². The molecule has 1 heterocycles. The Morgan fingerprint density at radius 1 is 1.35 bits per heavy atom. The highest BCUT2D eigenvalue weighted by atomic mass is 16.5. The molecule has 0 aliphatic carbocycles. The maximum absolute atomic E-state index is 5.77. The predicted octanol–water partition coefficient (Wildman–Crippen LogP) is 1.98. The number of fused-ring (bicyclic) bond motifs is 1. The minimum absolute atomic E-state index is 0.604. The van der Waals surface area contributed by atoms with Crippen LogP contribution in [-0.2, 0) is 6.42 Å². The minimum Gasteiger partial charge on any atom is -0.493 e. The fourth-order valence-corrected chi connectivity index (χ4v) is 1.81. The van der Waals surface area contributed by atoms with Crippen molar-refractivity contribution in [3.05, 3.63) is 29.5 Å². The third kappa shape index (κ3) is 2.41. The highest BCUT2D eigenvalue weighted by Gasteiger charge is 2.12. The Kier molecular flexibility index (Phi) is 3.32. The Morgan fingerprint density at radius 3 is 2.88 bits per heavy atom. The molecule has 2 rings (SSSR count). The number of aliphatic imine (C=N–C) groups is 1. The van der Waals surface area contributed by atoms with Crippen LogP contribution >= 0.6 is 0 Å². The van der Waals surface area contributed by atoms with Gasteiger partial charge in [-0.2, -0.15) is 0 Å². The Labute approximate surface area is 101 Å². The largest absolute Gasteiger partial charge is 0.493 e. The summed E-state index contributed by atoms with van der Waals surface area (Å²) in [5.41, 5.74) is 7.94. The zero-order valence-corrected chi connectivity index (χ0v) is 10.1. The summed E-state index contributed by atoms with van der Waals surface area (Å²) in [6, 6.07) is 3.92. The van der Waals surface area contributed by atoms with E-state index in [-0.39, 0.29) is 0 Å². The normalized spacial score (nSPS) is 13.6. The van der Waals surface area contributed by atoms with E-state index >= 15 is 0 Å². The van der Waals surface area contributed by atoms with Crippen molar-refractivity contribution in [3.63, 3.8) is 0 Å². The number of amidine groups is 1. The molecule has 0 bridgehead atoms. The average Bonchev–Trinajstić information content (AvgIpc) is 2.49. The predicted molar refractivity (Wildman–Crippen MR) is 68.5 cm³/mol. The lowest BCUT2D eigenvalue weighted by Crippen LogP contribution is -2.14. The summed E-state index contributed by atoms with van der Waals surface area (Å²) in [4.78, 5) is 4.10. The molecule has 0 saturated carbocycles. The van der Waals surface area contributed by atoms with Crippen LogP contribution in [-0.4, -0.2) is 19.6 Å². The molecule has 1 aliphatic rings. The van der Waals surface area contributed by atoms with Crippen molar-refractivity contribution in [3.8, 4) is 11.5 Å². The van der Waals surface area contributed by atoms with Crippen LogP contribution in [0.1, 0.15) is 18.1 Å². The Bertz CT molecular complexity index is 479. The second-order valence-corrected chi connectivity index (χ2v) is 3.75. The van der Waals surface area contributed by atoms with Gasteiger partial charge in [-0.05, 0) is 36.3 Å². The maximum Gasteiger partial charge on any atom is 0.161 e. The van der Waals surface area contributed by atoms with Crippen LogP contribution in [0.3, 0.4) is 0 Å². The zero-order valence-electron chi connectivity index (χ0n) is 10.1. The summed E-state index contributed by atoms with van der Waals surface area (Å²) in [5, 5.41) is 0. The van der Waals surface area contributed by atoms with Crippen LogP contribution in [0.25, 0.3) is 6.08 Å². The standard InChI is InChI=1S/C13H16N2O2/c1-3-17-12-7-10-8-13(14)15-5-4-9(10)6-11(12)16-2/h4-7H,3,8H2,1-2H3,(H2,14,15). The van der Waals surface area contributed by atoms with Crippen molar-refractivity contribution in [1.29, 1.82) is 0 Å². The van der Waals surface area contributed by atoms with E-state index in [2.05, 4.69) is 4.99 Å². The first-order chi connectivity index (χ1) is 8.24. The second kappa shape index (κ2) is 4.91. The Hall–Kier alpha value is -1.97. The highest BCUT2D eigenvalue weighted by molar-refractivity contribution is 5.86. The van der Waals surface area contributed by atoms with Crippen molar-refractivity contribution in [2.24, 2.45) is 10.7 Å². The highest BCUT2D eigenvalue weighted by Crippen LogP contribution is 2.32. The SMILES string of the molecule is CCOc1cc2c(cc1OC)C=CN=C(N)C2. The molecular formula is C13H16N2O2. The van der Waals surface area contributed by atoms with Gasteiger partial charge in [0.2, 0.25) is 0 Å². The van der Waals surface area contributed by atoms with Crippen molar-refractivity contribution >= 4 is 11.9 Å². The molecule has 1 aromatic rings. The van der Waals surface area contributed by atoms with Crippen LogP contribution < -0.4 is 15.2 Å². The first kappa shape index (κ1) is 11.5. The van der Waals surface area contributed by atoms with Gasteiger partial charge in [0.05, 0.1) is 13.7 Å². The van der Waals surface area contributed by atoms with E-state index in [0.29, 0.717) is 18.9 Å². The molecule has 0 spiro atoms. The molecule has 1 aromatic carbocycles. The second-order valence-electron chi connectivity index (χ2n) is 3.75. The summed E-state index contributed by atoms with van der Waals surface area (Å²) < 4.78 is 10.8. The molecule has 0 amide bonds. The van der Waals surface area contributed by atoms with Gasteiger partial charge in [0, 0.05) is 12.6 Å². The quantitative estimate of drug-likeness (QED) is 0.866. The molecule has 90 valence electrons. The van der Waals surface area contributed by atoms with E-state index in [4.69, 9.17) is 15.2 Å². The lowest BCUT2D eigenvalue weighted by molar-refractivity contribution is 0.310. The summed E-state index contributed by atoms with van der Waals surface area (Å²) >= 11 is 0. The molecule has 0 fully saturated rings. The molecule has 0 saturated heterocycles. The van der Waals surface area contributed by atoms with Gasteiger partial charge < -0.3 is 15.2 Å². The van der Waals surface area contributed by atoms with E-state index in [1.807, 2.05) is 25.1 Å². The van der Waals surface area contributed by atoms with Gasteiger partial charge in [-0.15, -0.1) is 0 Å². The number of methoxy groups -OCH3 is 1. The zero-order chi connectivity index (χ0) is 12.3. The van der Waals surface area contributed by atoms with Gasteiger partial charge >= 0.3 is 0 Å². The van der Waals surface area contributed by atoms with E-state index in [1.54, 1.807) is 13.3 Å². The van der Waals surface area contributed by atoms with Gasteiger partial charge in [-0.1, -0.05) is 0 Å². The summed E-state index contributed by atoms with van der Waals surface area (Å²) in [7, 11) is 1.63. The number of nitrogens with zero attached hydrogens (tertiary/aromatic N) is 1. The maximum atomic E-state index is 5.77. The third-order valence-corrected chi connectivity index (χ3v) is 2.59. The molecular weight excluding hydrogens is 216 g/mol. The number of benzene rings is 1. The number of nitrogens with two attached hydrogens (primary N) is 1.